The van der Waals surface area contributed by atoms with Gasteiger partial charge in [0.25, 0.3) is 0 Å². The summed E-state index contributed by atoms with van der Waals surface area (Å²) in [5.41, 5.74) is 3.22. The molecule has 1 unspecified atom stereocenters. The van der Waals surface area contributed by atoms with Crippen molar-refractivity contribution >= 4 is 23.4 Å². The lowest BCUT2D eigenvalue weighted by molar-refractivity contribution is -0.117. The Morgan fingerprint density at radius 2 is 2.19 bits per heavy atom. The van der Waals surface area contributed by atoms with Gasteiger partial charge in [0.2, 0.25) is 11.9 Å². The number of amides is 1. The number of rotatable bonds is 7. The van der Waals surface area contributed by atoms with E-state index >= 15 is 0 Å². The van der Waals surface area contributed by atoms with Crippen LogP contribution in [-0.2, 0) is 11.2 Å². The Morgan fingerprint density at radius 3 is 2.87 bits per heavy atom. The molecule has 2 heterocycles. The molecule has 162 valence electrons. The molecule has 1 aromatic heterocycles. The van der Waals surface area contributed by atoms with Gasteiger partial charge in [-0.15, -0.1) is 0 Å². The first-order valence-corrected chi connectivity index (χ1v) is 10.7. The van der Waals surface area contributed by atoms with E-state index in [0.717, 1.165) is 17.7 Å². The first-order chi connectivity index (χ1) is 14.8. The van der Waals surface area contributed by atoms with Gasteiger partial charge in [-0.3, -0.25) is 4.79 Å². The third kappa shape index (κ3) is 3.93. The summed E-state index contributed by atoms with van der Waals surface area (Å²) < 4.78 is 0. The maximum Gasteiger partial charge on any atom is 0.232 e. The first kappa shape index (κ1) is 21.1. The number of carbonyl (C=O) groups excluding carboxylic acids is 1. The second-order valence-electron chi connectivity index (χ2n) is 8.87. The second-order valence-corrected chi connectivity index (χ2v) is 8.87. The standard InChI is InChI=1S/C23H28N6O2/c1-4-13-5-6-17-16(9-13)15(21(31)27-17)7-8-25-22-26-12-14(11-24)20(29-22)28-18-10-19(30)23(18,2)3/h5-6,9,12,15,18-19,30H,4,7-8,10H2,1-3H3,(H,27,31)(H2,25,26,28,29)/t15?,18-,19+/m1/s1. The third-order valence-electron chi connectivity index (χ3n) is 6.63. The van der Waals surface area contributed by atoms with E-state index in [1.54, 1.807) is 0 Å². The molecule has 8 heteroatoms. The monoisotopic (exact) mass is 420 g/mol. The number of fused-ring (bicyclic) bond motifs is 1. The molecule has 0 radical (unpaired) electrons. The highest BCUT2D eigenvalue weighted by Gasteiger charge is 2.47. The number of nitrogens with one attached hydrogen (secondary N) is 3. The summed E-state index contributed by atoms with van der Waals surface area (Å²) in [6, 6.07) is 8.26. The van der Waals surface area contributed by atoms with Crippen molar-refractivity contribution in [3.63, 3.8) is 0 Å². The molecule has 2 aromatic rings. The van der Waals surface area contributed by atoms with E-state index in [2.05, 4.69) is 45.0 Å². The summed E-state index contributed by atoms with van der Waals surface area (Å²) in [7, 11) is 0. The highest BCUT2D eigenvalue weighted by Crippen LogP contribution is 2.42. The van der Waals surface area contributed by atoms with Crippen LogP contribution in [0.4, 0.5) is 17.5 Å². The summed E-state index contributed by atoms with van der Waals surface area (Å²) in [4.78, 5) is 21.1. The van der Waals surface area contributed by atoms with Crippen molar-refractivity contribution < 1.29 is 9.90 Å². The zero-order valence-electron chi connectivity index (χ0n) is 18.1. The average Bonchev–Trinajstić information content (AvgIpc) is 3.08. The van der Waals surface area contributed by atoms with Gasteiger partial charge in [-0.05, 0) is 36.5 Å². The fraction of sp³-hybridized carbons (Fsp3) is 0.478. The zero-order valence-corrected chi connectivity index (χ0v) is 18.1. The van der Waals surface area contributed by atoms with E-state index < -0.39 is 0 Å². The second kappa shape index (κ2) is 8.16. The van der Waals surface area contributed by atoms with Gasteiger partial charge in [0.05, 0.1) is 18.2 Å². The maximum atomic E-state index is 12.4. The molecule has 8 nitrogen and oxygen atoms in total. The number of aliphatic hydroxyl groups is 1. The Kier molecular flexibility index (Phi) is 5.54. The Morgan fingerprint density at radius 1 is 1.39 bits per heavy atom. The quantitative estimate of drug-likeness (QED) is 0.543. The van der Waals surface area contributed by atoms with Gasteiger partial charge in [0.15, 0.2) is 0 Å². The molecule has 0 bridgehead atoms. The van der Waals surface area contributed by atoms with Crippen LogP contribution in [-0.4, -0.2) is 39.7 Å². The van der Waals surface area contributed by atoms with Gasteiger partial charge in [-0.2, -0.15) is 10.2 Å². The zero-order chi connectivity index (χ0) is 22.2. The van der Waals surface area contributed by atoms with Crippen LogP contribution < -0.4 is 16.0 Å². The Labute approximate surface area is 182 Å². The summed E-state index contributed by atoms with van der Waals surface area (Å²) in [6.07, 6.45) is 3.27. The predicted octanol–water partition coefficient (Wildman–Crippen LogP) is 3.02. The van der Waals surface area contributed by atoms with Gasteiger partial charge < -0.3 is 21.1 Å². The summed E-state index contributed by atoms with van der Waals surface area (Å²) in [6.45, 7) is 6.59. The number of hydrogen-bond donors (Lipinski definition) is 4. The van der Waals surface area contributed by atoms with Crippen molar-refractivity contribution in [1.82, 2.24) is 9.97 Å². The van der Waals surface area contributed by atoms with E-state index in [1.165, 1.54) is 11.8 Å². The predicted molar refractivity (Wildman–Crippen MR) is 119 cm³/mol. The van der Waals surface area contributed by atoms with E-state index in [1.807, 2.05) is 26.0 Å². The number of aliphatic hydroxyl groups excluding tert-OH is 1. The van der Waals surface area contributed by atoms with Crippen molar-refractivity contribution in [2.45, 2.75) is 58.1 Å². The highest BCUT2D eigenvalue weighted by molar-refractivity contribution is 6.02. The number of nitrogens with zero attached hydrogens (tertiary/aromatic N) is 3. The average molecular weight is 421 g/mol. The van der Waals surface area contributed by atoms with Gasteiger partial charge >= 0.3 is 0 Å². The fourth-order valence-electron chi connectivity index (χ4n) is 4.18. The number of benzene rings is 1. The van der Waals surface area contributed by atoms with Crippen LogP contribution in [0.1, 0.15) is 56.2 Å². The van der Waals surface area contributed by atoms with E-state index in [9.17, 15) is 15.2 Å². The van der Waals surface area contributed by atoms with E-state index in [-0.39, 0.29) is 29.4 Å². The minimum Gasteiger partial charge on any atom is -0.392 e. The molecular formula is C23H28N6O2. The fourth-order valence-corrected chi connectivity index (χ4v) is 4.18. The maximum absolute atomic E-state index is 12.4. The van der Waals surface area contributed by atoms with Gasteiger partial charge in [-0.25, -0.2) is 4.98 Å². The molecule has 31 heavy (non-hydrogen) atoms. The lowest BCUT2D eigenvalue weighted by Gasteiger charge is -2.49. The first-order valence-electron chi connectivity index (χ1n) is 10.7. The summed E-state index contributed by atoms with van der Waals surface area (Å²) >= 11 is 0. The number of carbonyl (C=O) groups is 1. The molecule has 4 rings (SSSR count). The van der Waals surface area contributed by atoms with Crippen molar-refractivity contribution in [1.29, 1.82) is 5.26 Å². The van der Waals surface area contributed by atoms with Crippen LogP contribution in [0.2, 0.25) is 0 Å². The van der Waals surface area contributed by atoms with Crippen molar-refractivity contribution in [3.8, 4) is 6.07 Å². The van der Waals surface area contributed by atoms with E-state index in [0.29, 0.717) is 36.7 Å². The molecule has 3 atom stereocenters. The Bertz CT molecular complexity index is 1040. The Hall–Kier alpha value is -3.18. The van der Waals surface area contributed by atoms with Crippen LogP contribution >= 0.6 is 0 Å². The van der Waals surface area contributed by atoms with Crippen LogP contribution in [0.15, 0.2) is 24.4 Å². The van der Waals surface area contributed by atoms with Gasteiger partial charge in [0, 0.05) is 23.7 Å². The number of aryl methyl sites for hydroxylation is 1. The summed E-state index contributed by atoms with van der Waals surface area (Å²) in [5.74, 6) is 0.669. The third-order valence-corrected chi connectivity index (χ3v) is 6.63. The molecule has 1 amide bonds. The van der Waals surface area contributed by atoms with Crippen LogP contribution in [0, 0.1) is 16.7 Å². The lowest BCUT2D eigenvalue weighted by Crippen LogP contribution is -2.57. The molecular weight excluding hydrogens is 392 g/mol. The van der Waals surface area contributed by atoms with Crippen LogP contribution in [0.25, 0.3) is 0 Å². The minimum absolute atomic E-state index is 0.0129. The topological polar surface area (TPSA) is 123 Å². The summed E-state index contributed by atoms with van der Waals surface area (Å²) in [5, 5.41) is 28.8. The molecule has 1 aliphatic carbocycles. The minimum atomic E-state index is -0.372. The Balaban J connectivity index is 1.42. The van der Waals surface area contributed by atoms with Gasteiger partial charge in [-0.1, -0.05) is 32.9 Å². The molecule has 1 aliphatic heterocycles. The highest BCUT2D eigenvalue weighted by atomic mass is 16.3. The van der Waals surface area contributed by atoms with Crippen LogP contribution in [0.3, 0.4) is 0 Å². The largest absolute Gasteiger partial charge is 0.392 e. The van der Waals surface area contributed by atoms with Crippen molar-refractivity contribution in [2.75, 3.05) is 22.5 Å². The molecule has 4 N–H and O–H groups in total. The molecule has 1 saturated carbocycles. The smallest absolute Gasteiger partial charge is 0.232 e. The normalized spacial score (nSPS) is 23.3. The van der Waals surface area contributed by atoms with Gasteiger partial charge in [0.1, 0.15) is 17.5 Å². The number of anilines is 3. The number of hydrogen-bond acceptors (Lipinski definition) is 7. The molecule has 0 spiro atoms. The van der Waals surface area contributed by atoms with Crippen molar-refractivity contribution in [3.05, 3.63) is 41.1 Å². The molecule has 1 fully saturated rings. The molecule has 2 aliphatic rings. The molecule has 0 saturated heterocycles. The molecule has 1 aromatic carbocycles. The number of aromatic nitrogens is 2. The van der Waals surface area contributed by atoms with Crippen molar-refractivity contribution in [2.24, 2.45) is 5.41 Å². The van der Waals surface area contributed by atoms with E-state index in [4.69, 9.17) is 0 Å². The number of nitriles is 1. The lowest BCUT2D eigenvalue weighted by atomic mass is 9.64. The SMILES string of the molecule is CCc1ccc2c(c1)C(CCNc1ncc(C#N)c(N[C@@H]3C[C@H](O)C3(C)C)n1)C(=O)N2. The van der Waals surface area contributed by atoms with Crippen LogP contribution in [0.5, 0.6) is 0 Å².